The summed E-state index contributed by atoms with van der Waals surface area (Å²) >= 11 is 0. The zero-order valence-corrected chi connectivity index (χ0v) is 15.1. The maximum absolute atomic E-state index is 12.9. The summed E-state index contributed by atoms with van der Waals surface area (Å²) in [6.07, 6.45) is 6.83. The zero-order chi connectivity index (χ0) is 17.9. The van der Waals surface area contributed by atoms with E-state index in [4.69, 9.17) is 0 Å². The van der Waals surface area contributed by atoms with E-state index in [2.05, 4.69) is 15.1 Å². The van der Waals surface area contributed by atoms with Crippen molar-refractivity contribution in [3.05, 3.63) is 40.3 Å². The van der Waals surface area contributed by atoms with Gasteiger partial charge in [0.05, 0.1) is 5.39 Å². The second kappa shape index (κ2) is 7.58. The molecule has 4 rings (SSSR count). The summed E-state index contributed by atoms with van der Waals surface area (Å²) in [5.41, 5.74) is 0.0929. The Hall–Kier alpha value is -2.21. The maximum atomic E-state index is 12.9. The highest BCUT2D eigenvalue weighted by Gasteiger charge is 2.26. The van der Waals surface area contributed by atoms with Gasteiger partial charge in [-0.3, -0.25) is 14.5 Å². The zero-order valence-electron chi connectivity index (χ0n) is 15.1. The lowest BCUT2D eigenvalue weighted by Crippen LogP contribution is -2.50. The van der Waals surface area contributed by atoms with Crippen LogP contribution in [0.2, 0.25) is 0 Å². The van der Waals surface area contributed by atoms with Crippen LogP contribution in [0.3, 0.4) is 0 Å². The van der Waals surface area contributed by atoms with Crippen LogP contribution in [-0.4, -0.2) is 58.6 Å². The summed E-state index contributed by atoms with van der Waals surface area (Å²) in [6.45, 7) is 4.45. The minimum atomic E-state index is -0.255. The van der Waals surface area contributed by atoms with E-state index in [1.165, 1.54) is 38.6 Å². The Morgan fingerprint density at radius 1 is 1.04 bits per heavy atom. The van der Waals surface area contributed by atoms with Crippen molar-refractivity contribution in [2.45, 2.75) is 32.1 Å². The third-order valence-corrected chi connectivity index (χ3v) is 5.80. The molecular weight excluding hydrogens is 328 g/mol. The minimum Gasteiger partial charge on any atom is -0.335 e. The Bertz CT molecular complexity index is 833. The van der Waals surface area contributed by atoms with Crippen molar-refractivity contribution >= 4 is 16.7 Å². The standard InChI is InChI=1S/C20H26N4O2/c25-19-17-9-5-4-8-16(17)18(21-22-19)20(26)24-12-10-23(11-13-24)14-15-6-2-1-3-7-15/h4-5,8-9,15H,1-3,6-7,10-14H2,(H,22,25). The molecule has 1 saturated carbocycles. The van der Waals surface area contributed by atoms with Gasteiger partial charge in [0, 0.05) is 38.1 Å². The van der Waals surface area contributed by atoms with Gasteiger partial charge < -0.3 is 4.90 Å². The average Bonchev–Trinajstić information content (AvgIpc) is 2.69. The molecule has 6 nitrogen and oxygen atoms in total. The van der Waals surface area contributed by atoms with Gasteiger partial charge >= 0.3 is 0 Å². The highest BCUT2D eigenvalue weighted by molar-refractivity contribution is 6.04. The van der Waals surface area contributed by atoms with E-state index < -0.39 is 0 Å². The molecule has 1 aromatic carbocycles. The highest BCUT2D eigenvalue weighted by atomic mass is 16.2. The van der Waals surface area contributed by atoms with Crippen molar-refractivity contribution < 1.29 is 4.79 Å². The van der Waals surface area contributed by atoms with Crippen LogP contribution in [-0.2, 0) is 0 Å². The lowest BCUT2D eigenvalue weighted by atomic mass is 9.89. The SMILES string of the molecule is O=C(c1n[nH]c(=O)c2ccccc12)N1CCN(CC2CCCCC2)CC1. The van der Waals surface area contributed by atoms with Gasteiger partial charge in [0.15, 0.2) is 5.69 Å². The van der Waals surface area contributed by atoms with Gasteiger partial charge in [0.2, 0.25) is 0 Å². The Morgan fingerprint density at radius 3 is 2.46 bits per heavy atom. The molecule has 1 saturated heterocycles. The number of nitrogens with zero attached hydrogens (tertiary/aromatic N) is 3. The van der Waals surface area contributed by atoms with Crippen LogP contribution < -0.4 is 5.56 Å². The van der Waals surface area contributed by atoms with E-state index in [1.807, 2.05) is 11.0 Å². The molecule has 138 valence electrons. The number of carbonyl (C=O) groups is 1. The normalized spacial score (nSPS) is 19.8. The molecule has 6 heteroatoms. The first-order chi connectivity index (χ1) is 12.7. The molecular formula is C20H26N4O2. The number of hydrogen-bond acceptors (Lipinski definition) is 4. The molecule has 2 fully saturated rings. The maximum Gasteiger partial charge on any atom is 0.275 e. The number of nitrogens with one attached hydrogen (secondary N) is 1. The van der Waals surface area contributed by atoms with Gasteiger partial charge in [-0.15, -0.1) is 0 Å². The van der Waals surface area contributed by atoms with Crippen molar-refractivity contribution in [2.24, 2.45) is 5.92 Å². The smallest absolute Gasteiger partial charge is 0.275 e. The Morgan fingerprint density at radius 2 is 1.73 bits per heavy atom. The van der Waals surface area contributed by atoms with Crippen molar-refractivity contribution in [3.8, 4) is 0 Å². The molecule has 0 spiro atoms. The molecule has 1 aliphatic heterocycles. The van der Waals surface area contributed by atoms with Gasteiger partial charge in [-0.2, -0.15) is 5.10 Å². The molecule has 2 aromatic rings. The van der Waals surface area contributed by atoms with Gasteiger partial charge in [-0.05, 0) is 24.8 Å². The summed E-state index contributed by atoms with van der Waals surface area (Å²) in [5.74, 6) is 0.741. The number of amides is 1. The fourth-order valence-corrected chi connectivity index (χ4v) is 4.30. The van der Waals surface area contributed by atoms with E-state index in [1.54, 1.807) is 18.2 Å². The Balaban J connectivity index is 1.42. The summed E-state index contributed by atoms with van der Waals surface area (Å²) in [5, 5.41) is 7.66. The van der Waals surface area contributed by atoms with Crippen LogP contribution in [0.15, 0.2) is 29.1 Å². The minimum absolute atomic E-state index is 0.0882. The number of piperazine rings is 1. The van der Waals surface area contributed by atoms with E-state index in [-0.39, 0.29) is 11.5 Å². The molecule has 26 heavy (non-hydrogen) atoms. The van der Waals surface area contributed by atoms with Crippen LogP contribution in [0, 0.1) is 5.92 Å². The predicted molar refractivity (Wildman–Crippen MR) is 101 cm³/mol. The first kappa shape index (κ1) is 17.2. The number of aromatic nitrogens is 2. The summed E-state index contributed by atoms with van der Waals surface area (Å²) < 4.78 is 0. The monoisotopic (exact) mass is 354 g/mol. The molecule has 0 unspecified atom stereocenters. The van der Waals surface area contributed by atoms with Crippen molar-refractivity contribution in [3.63, 3.8) is 0 Å². The topological polar surface area (TPSA) is 69.3 Å². The number of aromatic amines is 1. The molecule has 1 aliphatic carbocycles. The molecule has 0 radical (unpaired) electrons. The summed E-state index contributed by atoms with van der Waals surface area (Å²) in [6, 6.07) is 7.16. The Kier molecular flexibility index (Phi) is 5.02. The molecule has 2 aliphatic rings. The molecule has 2 heterocycles. The van der Waals surface area contributed by atoms with Crippen molar-refractivity contribution in [1.82, 2.24) is 20.0 Å². The van der Waals surface area contributed by atoms with E-state index in [9.17, 15) is 9.59 Å². The average molecular weight is 354 g/mol. The van der Waals surface area contributed by atoms with Gasteiger partial charge in [-0.25, -0.2) is 5.10 Å². The second-order valence-corrected chi connectivity index (χ2v) is 7.54. The Labute approximate surface area is 153 Å². The fraction of sp³-hybridized carbons (Fsp3) is 0.550. The first-order valence-corrected chi connectivity index (χ1v) is 9.71. The molecule has 0 bridgehead atoms. The molecule has 1 amide bonds. The van der Waals surface area contributed by atoms with Crippen LogP contribution in [0.25, 0.3) is 10.8 Å². The summed E-state index contributed by atoms with van der Waals surface area (Å²) in [7, 11) is 0. The second-order valence-electron chi connectivity index (χ2n) is 7.54. The van der Waals surface area contributed by atoms with Crippen LogP contribution in [0.5, 0.6) is 0 Å². The lowest BCUT2D eigenvalue weighted by molar-refractivity contribution is 0.0601. The number of H-pyrrole nitrogens is 1. The molecule has 1 N–H and O–H groups in total. The van der Waals surface area contributed by atoms with E-state index in [0.717, 1.165) is 32.1 Å². The largest absolute Gasteiger partial charge is 0.335 e. The first-order valence-electron chi connectivity index (χ1n) is 9.71. The van der Waals surface area contributed by atoms with Gasteiger partial charge in [0.1, 0.15) is 0 Å². The van der Waals surface area contributed by atoms with Crippen molar-refractivity contribution in [1.29, 1.82) is 0 Å². The fourth-order valence-electron chi connectivity index (χ4n) is 4.30. The quantitative estimate of drug-likeness (QED) is 0.918. The van der Waals surface area contributed by atoms with Crippen LogP contribution in [0.1, 0.15) is 42.6 Å². The molecule has 0 atom stereocenters. The number of fused-ring (bicyclic) bond motifs is 1. The van der Waals surface area contributed by atoms with Crippen molar-refractivity contribution in [2.75, 3.05) is 32.7 Å². The molecule has 1 aromatic heterocycles. The van der Waals surface area contributed by atoms with Gasteiger partial charge in [-0.1, -0.05) is 37.5 Å². The summed E-state index contributed by atoms with van der Waals surface area (Å²) in [4.78, 5) is 29.2. The third kappa shape index (κ3) is 3.51. The van der Waals surface area contributed by atoms with Crippen LogP contribution >= 0.6 is 0 Å². The van der Waals surface area contributed by atoms with E-state index >= 15 is 0 Å². The predicted octanol–water partition coefficient (Wildman–Crippen LogP) is 2.26. The number of hydrogen-bond donors (Lipinski definition) is 1. The van der Waals surface area contributed by atoms with E-state index in [0.29, 0.717) is 16.5 Å². The number of rotatable bonds is 3. The number of carbonyl (C=O) groups excluding carboxylic acids is 1. The van der Waals surface area contributed by atoms with Gasteiger partial charge in [0.25, 0.3) is 11.5 Å². The highest BCUT2D eigenvalue weighted by Crippen LogP contribution is 2.25. The van der Waals surface area contributed by atoms with Crippen LogP contribution in [0.4, 0.5) is 0 Å². The lowest BCUT2D eigenvalue weighted by Gasteiger charge is -2.37. The third-order valence-electron chi connectivity index (χ3n) is 5.80. The number of benzene rings is 1.